The largest absolute Gasteiger partial charge is 0.454 e. The summed E-state index contributed by atoms with van der Waals surface area (Å²) in [5.41, 5.74) is 0.667. The Labute approximate surface area is 118 Å². The molecule has 0 amide bonds. The van der Waals surface area contributed by atoms with Gasteiger partial charge in [0.05, 0.1) is 19.3 Å². The van der Waals surface area contributed by atoms with Crippen molar-refractivity contribution in [2.75, 3.05) is 26.5 Å². The van der Waals surface area contributed by atoms with E-state index in [0.717, 1.165) is 6.54 Å². The van der Waals surface area contributed by atoms with Crippen LogP contribution in [0.3, 0.4) is 0 Å². The predicted octanol–water partition coefficient (Wildman–Crippen LogP) is 1.71. The zero-order valence-corrected chi connectivity index (χ0v) is 11.8. The van der Waals surface area contributed by atoms with E-state index in [4.69, 9.17) is 14.2 Å². The predicted molar refractivity (Wildman–Crippen MR) is 73.3 cm³/mol. The van der Waals surface area contributed by atoms with Crippen LogP contribution in [0.4, 0.5) is 0 Å². The second kappa shape index (κ2) is 5.42. The van der Waals surface area contributed by atoms with E-state index in [9.17, 15) is 4.79 Å². The van der Waals surface area contributed by atoms with Gasteiger partial charge in [-0.1, -0.05) is 0 Å². The Balaban J connectivity index is 1.69. The lowest BCUT2D eigenvalue weighted by Gasteiger charge is -2.36. The van der Waals surface area contributed by atoms with E-state index in [1.54, 1.807) is 18.2 Å². The molecule has 0 bridgehead atoms. The van der Waals surface area contributed by atoms with Gasteiger partial charge in [0.15, 0.2) is 17.3 Å². The lowest BCUT2D eigenvalue weighted by Crippen LogP contribution is -2.49. The average Bonchev–Trinajstić information content (AvgIpc) is 2.90. The average molecular weight is 277 g/mol. The zero-order valence-electron chi connectivity index (χ0n) is 11.8. The van der Waals surface area contributed by atoms with Gasteiger partial charge in [-0.05, 0) is 32.0 Å². The van der Waals surface area contributed by atoms with Crippen molar-refractivity contribution < 1.29 is 19.0 Å². The summed E-state index contributed by atoms with van der Waals surface area (Å²) in [6, 6.07) is 5.62. The molecule has 0 radical (unpaired) electrons. The maximum Gasteiger partial charge on any atom is 0.231 e. The van der Waals surface area contributed by atoms with E-state index in [-0.39, 0.29) is 24.7 Å². The molecule has 5 nitrogen and oxygen atoms in total. The maximum absolute atomic E-state index is 12.4. The normalized spacial score (nSPS) is 25.7. The number of benzene rings is 1. The van der Waals surface area contributed by atoms with Crippen molar-refractivity contribution in [3.63, 3.8) is 0 Å². The molecule has 108 valence electrons. The maximum atomic E-state index is 12.4. The van der Waals surface area contributed by atoms with Gasteiger partial charge >= 0.3 is 0 Å². The summed E-state index contributed by atoms with van der Waals surface area (Å²) in [4.78, 5) is 14.6. The third-order valence-corrected chi connectivity index (χ3v) is 3.78. The van der Waals surface area contributed by atoms with Crippen LogP contribution in [0, 0.1) is 0 Å². The minimum atomic E-state index is 0.101. The van der Waals surface area contributed by atoms with Gasteiger partial charge in [0.1, 0.15) is 0 Å². The number of Topliss-reactive ketones (excluding diaryl/α,β-unsaturated/α-hetero) is 1. The summed E-state index contributed by atoms with van der Waals surface area (Å²) in [5.74, 6) is 1.46. The van der Waals surface area contributed by atoms with E-state index in [0.29, 0.717) is 30.2 Å². The Kier molecular flexibility index (Phi) is 3.63. The first-order chi connectivity index (χ1) is 9.63. The molecule has 2 aliphatic rings. The van der Waals surface area contributed by atoms with Gasteiger partial charge in [0, 0.05) is 18.2 Å². The number of carbonyl (C=O) groups excluding carboxylic acids is 1. The lowest BCUT2D eigenvalue weighted by molar-refractivity contribution is -0.0460. The van der Waals surface area contributed by atoms with E-state index in [1.165, 1.54) is 0 Å². The van der Waals surface area contributed by atoms with Crippen molar-refractivity contribution in [2.45, 2.75) is 26.0 Å². The van der Waals surface area contributed by atoms with E-state index in [2.05, 4.69) is 11.8 Å². The molecule has 1 aromatic rings. The Morgan fingerprint density at radius 3 is 2.95 bits per heavy atom. The number of ketones is 1. The summed E-state index contributed by atoms with van der Waals surface area (Å²) in [6.45, 7) is 6.22. The molecule has 20 heavy (non-hydrogen) atoms. The molecule has 1 aromatic carbocycles. The van der Waals surface area contributed by atoms with Crippen molar-refractivity contribution >= 4 is 5.78 Å². The number of hydrogen-bond acceptors (Lipinski definition) is 5. The van der Waals surface area contributed by atoms with Crippen LogP contribution < -0.4 is 9.47 Å². The molecule has 0 aliphatic carbocycles. The number of ether oxygens (including phenoxy) is 3. The van der Waals surface area contributed by atoms with Gasteiger partial charge < -0.3 is 14.2 Å². The molecule has 2 atom stereocenters. The Morgan fingerprint density at radius 1 is 1.30 bits per heavy atom. The second-order valence-electron chi connectivity index (χ2n) is 5.41. The van der Waals surface area contributed by atoms with Crippen LogP contribution in [0.15, 0.2) is 18.2 Å². The minimum Gasteiger partial charge on any atom is -0.454 e. The van der Waals surface area contributed by atoms with E-state index < -0.39 is 0 Å². The Bertz CT molecular complexity index is 517. The fourth-order valence-corrected chi connectivity index (χ4v) is 2.54. The molecule has 0 saturated carbocycles. The highest BCUT2D eigenvalue weighted by atomic mass is 16.7. The number of hydrogen-bond donors (Lipinski definition) is 0. The number of nitrogens with zero attached hydrogens (tertiary/aromatic N) is 1. The van der Waals surface area contributed by atoms with Crippen LogP contribution in [0.2, 0.25) is 0 Å². The highest BCUT2D eigenvalue weighted by Gasteiger charge is 2.26. The van der Waals surface area contributed by atoms with Gasteiger partial charge in [-0.2, -0.15) is 0 Å². The first-order valence-corrected chi connectivity index (χ1v) is 6.92. The zero-order chi connectivity index (χ0) is 14.1. The van der Waals surface area contributed by atoms with Crippen LogP contribution in [0.5, 0.6) is 11.5 Å². The molecule has 1 fully saturated rings. The fourth-order valence-electron chi connectivity index (χ4n) is 2.54. The number of fused-ring (bicyclic) bond motifs is 1. The number of morpholine rings is 1. The van der Waals surface area contributed by atoms with E-state index >= 15 is 0 Å². The van der Waals surface area contributed by atoms with Crippen molar-refractivity contribution in [1.29, 1.82) is 0 Å². The van der Waals surface area contributed by atoms with Gasteiger partial charge in [0.2, 0.25) is 6.79 Å². The van der Waals surface area contributed by atoms with Gasteiger partial charge in [-0.25, -0.2) is 0 Å². The van der Waals surface area contributed by atoms with Crippen LogP contribution in [-0.2, 0) is 4.74 Å². The van der Waals surface area contributed by atoms with Crippen LogP contribution in [0.1, 0.15) is 24.2 Å². The van der Waals surface area contributed by atoms with Crippen LogP contribution in [0.25, 0.3) is 0 Å². The SMILES string of the molecule is CC1CN(CC(=O)c2ccc3c(c2)OCO3)C(C)CO1. The van der Waals surface area contributed by atoms with Gasteiger partial charge in [-0.3, -0.25) is 9.69 Å². The third kappa shape index (κ3) is 2.64. The third-order valence-electron chi connectivity index (χ3n) is 3.78. The molecule has 2 heterocycles. The smallest absolute Gasteiger partial charge is 0.231 e. The Morgan fingerprint density at radius 2 is 2.10 bits per heavy atom. The van der Waals surface area contributed by atoms with Crippen LogP contribution >= 0.6 is 0 Å². The number of carbonyl (C=O) groups is 1. The fraction of sp³-hybridized carbons (Fsp3) is 0.533. The summed E-state index contributed by atoms with van der Waals surface area (Å²) < 4.78 is 16.1. The lowest BCUT2D eigenvalue weighted by atomic mass is 10.1. The molecule has 2 unspecified atom stereocenters. The topological polar surface area (TPSA) is 48.0 Å². The van der Waals surface area contributed by atoms with Gasteiger partial charge in [-0.15, -0.1) is 0 Å². The first-order valence-electron chi connectivity index (χ1n) is 6.92. The summed E-state index contributed by atoms with van der Waals surface area (Å²) in [6.07, 6.45) is 0.177. The standard InChI is InChI=1S/C15H19NO4/c1-10-8-18-11(2)6-16(10)7-13(17)12-3-4-14-15(5-12)20-9-19-14/h3-5,10-11H,6-9H2,1-2H3. The van der Waals surface area contributed by atoms with Gasteiger partial charge in [0.25, 0.3) is 0 Å². The van der Waals surface area contributed by atoms with E-state index in [1.807, 2.05) is 6.92 Å². The second-order valence-corrected chi connectivity index (χ2v) is 5.41. The van der Waals surface area contributed by atoms with Crippen molar-refractivity contribution in [1.82, 2.24) is 4.90 Å². The highest BCUT2D eigenvalue weighted by molar-refractivity contribution is 5.98. The van der Waals surface area contributed by atoms with Crippen molar-refractivity contribution in [3.05, 3.63) is 23.8 Å². The quantitative estimate of drug-likeness (QED) is 0.787. The first kappa shape index (κ1) is 13.4. The molecule has 1 saturated heterocycles. The Hall–Kier alpha value is -1.59. The summed E-state index contributed by atoms with van der Waals surface area (Å²) >= 11 is 0. The van der Waals surface area contributed by atoms with Crippen molar-refractivity contribution in [2.24, 2.45) is 0 Å². The highest BCUT2D eigenvalue weighted by Crippen LogP contribution is 2.32. The summed E-state index contributed by atoms with van der Waals surface area (Å²) in [5, 5.41) is 0. The molecular formula is C15H19NO4. The monoisotopic (exact) mass is 277 g/mol. The van der Waals surface area contributed by atoms with Crippen LogP contribution in [-0.4, -0.2) is 49.3 Å². The molecule has 0 N–H and O–H groups in total. The molecule has 0 spiro atoms. The molecule has 2 aliphatic heterocycles. The number of rotatable bonds is 3. The molecular weight excluding hydrogens is 258 g/mol. The van der Waals surface area contributed by atoms with Crippen molar-refractivity contribution in [3.8, 4) is 11.5 Å². The summed E-state index contributed by atoms with van der Waals surface area (Å²) in [7, 11) is 0. The molecule has 5 heteroatoms. The minimum absolute atomic E-state index is 0.101. The molecule has 0 aromatic heterocycles. The molecule has 3 rings (SSSR count).